The van der Waals surface area contributed by atoms with E-state index in [1.54, 1.807) is 36.4 Å². The van der Waals surface area contributed by atoms with Gasteiger partial charge in [-0.25, -0.2) is 0 Å². The molecule has 56 heavy (non-hydrogen) atoms. The van der Waals surface area contributed by atoms with Crippen LogP contribution in [0.3, 0.4) is 0 Å². The van der Waals surface area contributed by atoms with Crippen molar-refractivity contribution in [3.05, 3.63) is 189 Å². The first-order valence-electron chi connectivity index (χ1n) is 18.6. The van der Waals surface area contributed by atoms with Crippen molar-refractivity contribution in [2.24, 2.45) is 20.5 Å². The van der Waals surface area contributed by atoms with E-state index in [0.717, 1.165) is 22.3 Å². The summed E-state index contributed by atoms with van der Waals surface area (Å²) in [6.45, 7) is 11.9. The lowest BCUT2D eigenvalue weighted by Gasteiger charge is -2.19. The lowest BCUT2D eigenvalue weighted by Crippen LogP contribution is -2.03. The molecule has 4 N–H and O–H groups in total. The Balaban J connectivity index is 1.43. The third kappa shape index (κ3) is 8.45. The molecule has 280 valence electrons. The van der Waals surface area contributed by atoms with E-state index in [4.69, 9.17) is 0 Å². The SMILES string of the molecule is C=CCc1cc2c(O)c(c1)Cc1cc(N=Nc3ccc(C)cc3)cc(c1O)Cc1cc(CC=C)cc(c1O)Cc1cc(N=Nc3ccc(C)cc3)cc(c1O)C2. The zero-order valence-electron chi connectivity index (χ0n) is 31.6. The van der Waals surface area contributed by atoms with Crippen LogP contribution in [0.25, 0.3) is 0 Å². The number of azo groups is 2. The molecule has 6 aromatic rings. The predicted octanol–water partition coefficient (Wildman–Crippen LogP) is 12.1. The average molecular weight is 741 g/mol. The first-order valence-corrected chi connectivity index (χ1v) is 18.6. The molecule has 0 saturated carbocycles. The topological polar surface area (TPSA) is 130 Å². The van der Waals surface area contributed by atoms with Crippen LogP contribution in [-0.2, 0) is 38.5 Å². The van der Waals surface area contributed by atoms with Crippen LogP contribution in [0.1, 0.15) is 66.8 Å². The van der Waals surface area contributed by atoms with Gasteiger partial charge in [-0.05, 0) is 109 Å². The Bertz CT molecular complexity index is 2240. The summed E-state index contributed by atoms with van der Waals surface area (Å²) >= 11 is 0. The molecule has 0 aromatic heterocycles. The minimum atomic E-state index is 0.0444. The van der Waals surface area contributed by atoms with Gasteiger partial charge in [0, 0.05) is 47.9 Å². The Morgan fingerprint density at radius 1 is 0.411 bits per heavy atom. The Morgan fingerprint density at radius 2 is 0.661 bits per heavy atom. The van der Waals surface area contributed by atoms with Crippen molar-refractivity contribution in [1.82, 2.24) is 0 Å². The van der Waals surface area contributed by atoms with Gasteiger partial charge >= 0.3 is 0 Å². The molecule has 1 aliphatic carbocycles. The van der Waals surface area contributed by atoms with Crippen LogP contribution in [0.4, 0.5) is 22.7 Å². The fraction of sp³-hybridized carbons (Fsp3) is 0.167. The van der Waals surface area contributed by atoms with E-state index in [1.165, 1.54) is 0 Å². The fourth-order valence-corrected chi connectivity index (χ4v) is 7.18. The zero-order valence-corrected chi connectivity index (χ0v) is 31.6. The maximum atomic E-state index is 11.9. The van der Waals surface area contributed by atoms with Crippen LogP contribution in [0, 0.1) is 13.8 Å². The fourth-order valence-electron chi connectivity index (χ4n) is 7.18. The number of hydrogen-bond donors (Lipinski definition) is 4. The Morgan fingerprint density at radius 3 is 0.929 bits per heavy atom. The van der Waals surface area contributed by atoms with E-state index >= 15 is 0 Å². The van der Waals surface area contributed by atoms with Gasteiger partial charge in [-0.1, -0.05) is 71.8 Å². The molecular weight excluding hydrogens is 697 g/mol. The molecule has 6 aromatic carbocycles. The molecule has 8 nitrogen and oxygen atoms in total. The average Bonchev–Trinajstić information content (AvgIpc) is 3.18. The highest BCUT2D eigenvalue weighted by Gasteiger charge is 2.22. The molecule has 0 aliphatic heterocycles. The maximum absolute atomic E-state index is 11.9. The van der Waals surface area contributed by atoms with Gasteiger partial charge in [-0.2, -0.15) is 20.5 Å². The highest BCUT2D eigenvalue weighted by atomic mass is 16.3. The van der Waals surface area contributed by atoms with Crippen molar-refractivity contribution in [2.75, 3.05) is 0 Å². The van der Waals surface area contributed by atoms with Gasteiger partial charge in [-0.15, -0.1) is 13.2 Å². The zero-order chi connectivity index (χ0) is 39.3. The summed E-state index contributed by atoms with van der Waals surface area (Å²) in [6, 6.07) is 30.2. The normalized spacial score (nSPS) is 12.6. The molecule has 8 bridgehead atoms. The minimum Gasteiger partial charge on any atom is -0.507 e. The van der Waals surface area contributed by atoms with Crippen LogP contribution in [-0.4, -0.2) is 20.4 Å². The lowest BCUT2D eigenvalue weighted by molar-refractivity contribution is 0.450. The highest BCUT2D eigenvalue weighted by Crippen LogP contribution is 2.41. The van der Waals surface area contributed by atoms with E-state index in [0.29, 0.717) is 80.1 Å². The summed E-state index contributed by atoms with van der Waals surface area (Å²) in [5, 5.41) is 65.6. The number of phenolic OH excluding ortho intramolecular Hbond substituents is 4. The second-order valence-corrected chi connectivity index (χ2v) is 14.5. The molecule has 7 rings (SSSR count). The third-order valence-electron chi connectivity index (χ3n) is 10.1. The van der Waals surface area contributed by atoms with E-state index in [-0.39, 0.29) is 48.7 Å². The summed E-state index contributed by atoms with van der Waals surface area (Å²) in [5.74, 6) is 0.204. The van der Waals surface area contributed by atoms with Gasteiger partial charge in [0.1, 0.15) is 23.0 Å². The molecular formula is C48H44N4O4. The van der Waals surface area contributed by atoms with Crippen molar-refractivity contribution in [1.29, 1.82) is 0 Å². The van der Waals surface area contributed by atoms with Gasteiger partial charge in [-0.3, -0.25) is 0 Å². The number of hydrogen-bond acceptors (Lipinski definition) is 8. The molecule has 0 spiro atoms. The quantitative estimate of drug-likeness (QED) is 0.0912. The van der Waals surface area contributed by atoms with E-state index in [9.17, 15) is 20.4 Å². The van der Waals surface area contributed by atoms with Crippen LogP contribution < -0.4 is 0 Å². The number of rotatable bonds is 8. The van der Waals surface area contributed by atoms with Crippen molar-refractivity contribution in [2.45, 2.75) is 52.4 Å². The van der Waals surface area contributed by atoms with Crippen LogP contribution in [0.15, 0.2) is 143 Å². The van der Waals surface area contributed by atoms with E-state index in [2.05, 4.69) is 33.6 Å². The van der Waals surface area contributed by atoms with E-state index in [1.807, 2.05) is 86.6 Å². The van der Waals surface area contributed by atoms with Crippen LogP contribution in [0.2, 0.25) is 0 Å². The van der Waals surface area contributed by atoms with Gasteiger partial charge in [0.25, 0.3) is 0 Å². The largest absolute Gasteiger partial charge is 0.507 e. The van der Waals surface area contributed by atoms with Crippen LogP contribution in [0.5, 0.6) is 23.0 Å². The maximum Gasteiger partial charge on any atom is 0.122 e. The first kappa shape index (κ1) is 37.5. The standard InChI is InChI=1S/C48H44N4O4/c1-5-7-31-17-33-21-37-25-43(51-49-41-13-9-29(3)10-14-41)27-39(47(37)55)23-35-19-32(8-6-2)20-36(46(35)54)24-40-28-44(52-50-42-15-11-30(4)12-16-42)26-38(48(40)56)22-34(18-31)45(33)53/h5-6,9-20,25-28,53-56H,1-2,7-8,21-24H2,3-4H3. The summed E-state index contributed by atoms with van der Waals surface area (Å²) in [5.41, 5.74) is 11.0. The smallest absolute Gasteiger partial charge is 0.122 e. The van der Waals surface area contributed by atoms with Crippen molar-refractivity contribution in [3.63, 3.8) is 0 Å². The van der Waals surface area contributed by atoms with Crippen molar-refractivity contribution in [3.8, 4) is 23.0 Å². The minimum absolute atomic E-state index is 0.0444. The summed E-state index contributed by atoms with van der Waals surface area (Å²) < 4.78 is 0. The van der Waals surface area contributed by atoms with E-state index < -0.39 is 0 Å². The molecule has 0 atom stereocenters. The third-order valence-corrected chi connectivity index (χ3v) is 10.1. The highest BCUT2D eigenvalue weighted by molar-refractivity contribution is 5.61. The number of phenols is 4. The monoisotopic (exact) mass is 740 g/mol. The Labute approximate surface area is 327 Å². The first-order chi connectivity index (χ1) is 27.1. The Hall–Kier alpha value is -6.80. The molecule has 0 saturated heterocycles. The molecule has 0 amide bonds. The molecule has 0 heterocycles. The molecule has 0 fully saturated rings. The number of fused-ring (bicyclic) bond motifs is 8. The number of aryl methyl sites for hydroxylation is 2. The van der Waals surface area contributed by atoms with Crippen molar-refractivity contribution >= 4 is 22.7 Å². The summed E-state index contributed by atoms with van der Waals surface area (Å²) in [6.07, 6.45) is 5.39. The van der Waals surface area contributed by atoms with Gasteiger partial charge in [0.05, 0.1) is 22.7 Å². The molecule has 8 heteroatoms. The number of nitrogens with zero attached hydrogens (tertiary/aromatic N) is 4. The summed E-state index contributed by atoms with van der Waals surface area (Å²) in [7, 11) is 0. The number of benzene rings is 6. The number of aromatic hydroxyl groups is 4. The molecule has 1 aliphatic rings. The second kappa shape index (κ2) is 16.3. The van der Waals surface area contributed by atoms with Gasteiger partial charge in [0.15, 0.2) is 0 Å². The van der Waals surface area contributed by atoms with Gasteiger partial charge in [0.2, 0.25) is 0 Å². The summed E-state index contributed by atoms with van der Waals surface area (Å²) in [4.78, 5) is 0. The van der Waals surface area contributed by atoms with Gasteiger partial charge < -0.3 is 20.4 Å². The molecule has 0 radical (unpaired) electrons. The van der Waals surface area contributed by atoms with Crippen molar-refractivity contribution < 1.29 is 20.4 Å². The number of allylic oxidation sites excluding steroid dienone is 2. The lowest BCUT2D eigenvalue weighted by atomic mass is 9.89. The predicted molar refractivity (Wildman–Crippen MR) is 222 cm³/mol. The Kier molecular flexibility index (Phi) is 10.9. The molecule has 0 unspecified atom stereocenters. The van der Waals surface area contributed by atoms with Crippen LogP contribution >= 0.6 is 0 Å². The second-order valence-electron chi connectivity index (χ2n) is 14.5.